The van der Waals surface area contributed by atoms with Gasteiger partial charge in [0.15, 0.2) is 5.69 Å². The van der Waals surface area contributed by atoms with Gasteiger partial charge in [-0.1, -0.05) is 31.0 Å². The van der Waals surface area contributed by atoms with Gasteiger partial charge in [-0.2, -0.15) is 5.10 Å². The highest BCUT2D eigenvalue weighted by atomic mass is 16.3. The average molecular weight is 287 g/mol. The Hall–Kier alpha value is -1.88. The van der Waals surface area contributed by atoms with E-state index in [-0.39, 0.29) is 17.9 Å². The quantitative estimate of drug-likeness (QED) is 0.909. The average Bonchev–Trinajstić information content (AvgIpc) is 2.92. The molecular weight excluding hydrogens is 266 g/mol. The third kappa shape index (κ3) is 2.78. The number of H-pyrrole nitrogens is 1. The molecule has 1 saturated carbocycles. The Morgan fingerprint density at radius 3 is 2.95 bits per heavy atom. The number of benzene rings is 1. The molecule has 0 bridgehead atoms. The van der Waals surface area contributed by atoms with Crippen LogP contribution in [0.5, 0.6) is 0 Å². The van der Waals surface area contributed by atoms with Gasteiger partial charge in [0.2, 0.25) is 0 Å². The van der Waals surface area contributed by atoms with Crippen molar-refractivity contribution < 1.29 is 9.90 Å². The predicted molar refractivity (Wildman–Crippen MR) is 81.0 cm³/mol. The van der Waals surface area contributed by atoms with Gasteiger partial charge in [0.25, 0.3) is 5.91 Å². The van der Waals surface area contributed by atoms with Crippen molar-refractivity contribution in [2.24, 2.45) is 5.92 Å². The third-order valence-corrected chi connectivity index (χ3v) is 4.40. The predicted octanol–water partition coefficient (Wildman–Crippen LogP) is 2.19. The number of aromatic nitrogens is 2. The first-order valence-corrected chi connectivity index (χ1v) is 7.53. The van der Waals surface area contributed by atoms with E-state index in [1.807, 2.05) is 24.3 Å². The van der Waals surface area contributed by atoms with Gasteiger partial charge in [0, 0.05) is 24.9 Å². The summed E-state index contributed by atoms with van der Waals surface area (Å²) in [5.41, 5.74) is 1.32. The third-order valence-electron chi connectivity index (χ3n) is 4.40. The maximum atomic E-state index is 12.6. The topological polar surface area (TPSA) is 69.2 Å². The van der Waals surface area contributed by atoms with Crippen LogP contribution in [-0.2, 0) is 0 Å². The van der Waals surface area contributed by atoms with E-state index >= 15 is 0 Å². The van der Waals surface area contributed by atoms with E-state index in [0.29, 0.717) is 12.2 Å². The highest BCUT2D eigenvalue weighted by Crippen LogP contribution is 2.25. The number of aromatic amines is 1. The Morgan fingerprint density at radius 1 is 1.38 bits per heavy atom. The van der Waals surface area contributed by atoms with E-state index in [4.69, 9.17) is 0 Å². The van der Waals surface area contributed by atoms with Gasteiger partial charge < -0.3 is 10.0 Å². The molecule has 2 aromatic rings. The number of hydrogen-bond acceptors (Lipinski definition) is 3. The lowest BCUT2D eigenvalue weighted by molar-refractivity contribution is 0.0449. The van der Waals surface area contributed by atoms with Crippen LogP contribution in [0.3, 0.4) is 0 Å². The number of amides is 1. The first-order chi connectivity index (χ1) is 10.2. The number of carbonyl (C=O) groups is 1. The normalized spacial score (nSPS) is 22.4. The van der Waals surface area contributed by atoms with Crippen LogP contribution in [0.25, 0.3) is 10.9 Å². The summed E-state index contributed by atoms with van der Waals surface area (Å²) in [6, 6.07) is 7.62. The second-order valence-corrected chi connectivity index (χ2v) is 5.92. The number of nitrogens with zero attached hydrogens (tertiary/aromatic N) is 2. The second-order valence-electron chi connectivity index (χ2n) is 5.92. The smallest absolute Gasteiger partial charge is 0.274 e. The molecule has 2 unspecified atom stereocenters. The minimum Gasteiger partial charge on any atom is -0.393 e. The van der Waals surface area contributed by atoms with E-state index in [9.17, 15) is 9.90 Å². The molecule has 1 aliphatic carbocycles. The summed E-state index contributed by atoms with van der Waals surface area (Å²) in [6.07, 6.45) is 3.76. The summed E-state index contributed by atoms with van der Waals surface area (Å²) in [4.78, 5) is 14.2. The number of rotatable bonds is 3. The van der Waals surface area contributed by atoms with Crippen molar-refractivity contribution in [2.75, 3.05) is 13.6 Å². The largest absolute Gasteiger partial charge is 0.393 e. The number of fused-ring (bicyclic) bond motifs is 1. The SMILES string of the molecule is CN(CC1CCCCC1O)C(=O)c1n[nH]c2ccccc12. The van der Waals surface area contributed by atoms with E-state index in [1.54, 1.807) is 11.9 Å². The van der Waals surface area contributed by atoms with Crippen molar-refractivity contribution in [1.82, 2.24) is 15.1 Å². The van der Waals surface area contributed by atoms with Crippen molar-refractivity contribution in [3.05, 3.63) is 30.0 Å². The van der Waals surface area contributed by atoms with Crippen molar-refractivity contribution >= 4 is 16.8 Å². The minimum absolute atomic E-state index is 0.0924. The number of aliphatic hydroxyl groups excluding tert-OH is 1. The van der Waals surface area contributed by atoms with Crippen LogP contribution in [0, 0.1) is 5.92 Å². The Balaban J connectivity index is 1.75. The van der Waals surface area contributed by atoms with Crippen molar-refractivity contribution in [2.45, 2.75) is 31.8 Å². The van der Waals surface area contributed by atoms with E-state index in [0.717, 1.165) is 36.6 Å². The molecule has 0 radical (unpaired) electrons. The van der Waals surface area contributed by atoms with Gasteiger partial charge in [-0.05, 0) is 18.9 Å². The van der Waals surface area contributed by atoms with Crippen LogP contribution >= 0.6 is 0 Å². The molecule has 1 fully saturated rings. The molecule has 112 valence electrons. The Kier molecular flexibility index (Phi) is 3.92. The van der Waals surface area contributed by atoms with Gasteiger partial charge in [0.05, 0.1) is 11.6 Å². The number of carbonyl (C=O) groups excluding carboxylic acids is 1. The summed E-state index contributed by atoms with van der Waals surface area (Å²) in [5.74, 6) is 0.0862. The Morgan fingerprint density at radius 2 is 2.14 bits per heavy atom. The van der Waals surface area contributed by atoms with Crippen LogP contribution in [-0.4, -0.2) is 45.8 Å². The fourth-order valence-corrected chi connectivity index (χ4v) is 3.14. The zero-order valence-electron chi connectivity index (χ0n) is 12.2. The highest BCUT2D eigenvalue weighted by molar-refractivity contribution is 6.04. The number of aliphatic hydroxyl groups is 1. The molecule has 1 aromatic heterocycles. The van der Waals surface area contributed by atoms with E-state index in [1.165, 1.54) is 0 Å². The summed E-state index contributed by atoms with van der Waals surface area (Å²) < 4.78 is 0. The molecule has 21 heavy (non-hydrogen) atoms. The molecular formula is C16H21N3O2. The zero-order valence-corrected chi connectivity index (χ0v) is 12.2. The summed E-state index contributed by atoms with van der Waals surface area (Å²) in [7, 11) is 1.78. The Bertz CT molecular complexity index is 637. The van der Waals surface area contributed by atoms with Gasteiger partial charge in [0.1, 0.15) is 0 Å². The van der Waals surface area contributed by atoms with Crippen molar-refractivity contribution in [3.8, 4) is 0 Å². The molecule has 5 heteroatoms. The summed E-state index contributed by atoms with van der Waals surface area (Å²) >= 11 is 0. The molecule has 1 aromatic carbocycles. The van der Waals surface area contributed by atoms with Crippen LogP contribution < -0.4 is 0 Å². The van der Waals surface area contributed by atoms with Crippen LogP contribution in [0.4, 0.5) is 0 Å². The number of nitrogens with one attached hydrogen (secondary N) is 1. The van der Waals surface area contributed by atoms with Gasteiger partial charge in [-0.25, -0.2) is 0 Å². The molecule has 5 nitrogen and oxygen atoms in total. The van der Waals surface area contributed by atoms with Crippen molar-refractivity contribution in [3.63, 3.8) is 0 Å². The summed E-state index contributed by atoms with van der Waals surface area (Å²) in [5, 5.41) is 17.9. The molecule has 0 aliphatic heterocycles. The van der Waals surface area contributed by atoms with Gasteiger partial charge >= 0.3 is 0 Å². The molecule has 0 saturated heterocycles. The second kappa shape index (κ2) is 5.85. The molecule has 2 N–H and O–H groups in total. The molecule has 1 aliphatic rings. The fourth-order valence-electron chi connectivity index (χ4n) is 3.14. The molecule has 2 atom stereocenters. The van der Waals surface area contributed by atoms with Crippen LogP contribution in [0.2, 0.25) is 0 Å². The highest BCUT2D eigenvalue weighted by Gasteiger charge is 2.27. The van der Waals surface area contributed by atoms with Crippen molar-refractivity contribution in [1.29, 1.82) is 0 Å². The first-order valence-electron chi connectivity index (χ1n) is 7.53. The monoisotopic (exact) mass is 287 g/mol. The van der Waals surface area contributed by atoms with E-state index < -0.39 is 0 Å². The van der Waals surface area contributed by atoms with Crippen LogP contribution in [0.1, 0.15) is 36.2 Å². The summed E-state index contributed by atoms with van der Waals surface area (Å²) in [6.45, 7) is 0.585. The minimum atomic E-state index is -0.287. The molecule has 1 heterocycles. The molecule has 1 amide bonds. The zero-order chi connectivity index (χ0) is 14.8. The van der Waals surface area contributed by atoms with Gasteiger partial charge in [-0.15, -0.1) is 0 Å². The molecule has 0 spiro atoms. The number of hydrogen-bond donors (Lipinski definition) is 2. The lowest BCUT2D eigenvalue weighted by atomic mass is 9.86. The maximum absolute atomic E-state index is 12.6. The fraction of sp³-hybridized carbons (Fsp3) is 0.500. The van der Waals surface area contributed by atoms with Crippen LogP contribution in [0.15, 0.2) is 24.3 Å². The lowest BCUT2D eigenvalue weighted by Crippen LogP contribution is -2.38. The lowest BCUT2D eigenvalue weighted by Gasteiger charge is -2.31. The van der Waals surface area contributed by atoms with E-state index in [2.05, 4.69) is 10.2 Å². The Labute approximate surface area is 124 Å². The van der Waals surface area contributed by atoms with Gasteiger partial charge in [-0.3, -0.25) is 9.89 Å². The maximum Gasteiger partial charge on any atom is 0.274 e. The number of para-hydroxylation sites is 1. The molecule has 3 rings (SSSR count). The first kappa shape index (κ1) is 14.1. The standard InChI is InChI=1S/C16H21N3O2/c1-19(10-11-6-2-5-9-14(11)20)16(21)15-12-7-3-4-8-13(12)17-18-15/h3-4,7-8,11,14,20H,2,5-6,9-10H2,1H3,(H,17,18).